The third-order valence-corrected chi connectivity index (χ3v) is 7.11. The van der Waals surface area contributed by atoms with Crippen molar-refractivity contribution in [3.8, 4) is 0 Å². The van der Waals surface area contributed by atoms with Crippen LogP contribution in [0.25, 0.3) is 0 Å². The first-order valence-corrected chi connectivity index (χ1v) is 11.6. The molecular weight excluding hydrogens is 430 g/mol. The lowest BCUT2D eigenvalue weighted by Crippen LogP contribution is -2.57. The Morgan fingerprint density at radius 3 is 2.59 bits per heavy atom. The Bertz CT molecular complexity index is 922. The number of aliphatic hydroxyl groups excluding tert-OH is 3. The molecular formula is C22H29N5O4S. The van der Waals surface area contributed by atoms with E-state index in [0.29, 0.717) is 18.0 Å². The van der Waals surface area contributed by atoms with Gasteiger partial charge in [0.1, 0.15) is 30.4 Å². The molecule has 1 saturated carbocycles. The van der Waals surface area contributed by atoms with E-state index < -0.39 is 42.3 Å². The molecule has 4 aliphatic rings. The fraction of sp³-hybridized carbons (Fsp3) is 0.591. The second kappa shape index (κ2) is 8.85. The fourth-order valence-corrected chi connectivity index (χ4v) is 5.32. The van der Waals surface area contributed by atoms with E-state index in [0.717, 1.165) is 31.2 Å². The molecule has 0 aromatic heterocycles. The van der Waals surface area contributed by atoms with Crippen molar-refractivity contribution < 1.29 is 20.1 Å². The Morgan fingerprint density at radius 2 is 1.91 bits per heavy atom. The highest BCUT2D eigenvalue weighted by atomic mass is 32.1. The molecule has 172 valence electrons. The average molecular weight is 460 g/mol. The van der Waals surface area contributed by atoms with Crippen LogP contribution in [-0.2, 0) is 11.2 Å². The molecule has 4 N–H and O–H groups in total. The minimum absolute atomic E-state index is 0.286. The summed E-state index contributed by atoms with van der Waals surface area (Å²) in [7, 11) is 0. The maximum atomic E-state index is 10.7. The number of ether oxygens (including phenoxy) is 1. The number of benzene rings is 1. The Kier molecular flexibility index (Phi) is 6.08. The zero-order valence-corrected chi connectivity index (χ0v) is 18.6. The summed E-state index contributed by atoms with van der Waals surface area (Å²) in [4.78, 5) is 14.8. The van der Waals surface area contributed by atoms with Crippen LogP contribution >= 0.6 is 12.6 Å². The predicted molar refractivity (Wildman–Crippen MR) is 124 cm³/mol. The lowest BCUT2D eigenvalue weighted by Gasteiger charge is -2.35. The molecule has 0 bridgehead atoms. The average Bonchev–Trinajstić information content (AvgIpc) is 3.49. The minimum atomic E-state index is -1.22. The van der Waals surface area contributed by atoms with E-state index in [1.165, 1.54) is 6.34 Å². The van der Waals surface area contributed by atoms with Gasteiger partial charge in [-0.05, 0) is 18.4 Å². The number of aliphatic imine (C=N–C) groups is 3. The van der Waals surface area contributed by atoms with E-state index in [4.69, 9.17) is 22.4 Å². The first-order valence-electron chi connectivity index (χ1n) is 11.1. The number of hydrogen-bond donors (Lipinski definition) is 5. The molecule has 1 saturated heterocycles. The summed E-state index contributed by atoms with van der Waals surface area (Å²) in [5, 5.41) is 34.2. The lowest BCUT2D eigenvalue weighted by atomic mass is 10.00. The van der Waals surface area contributed by atoms with Gasteiger partial charge in [-0.1, -0.05) is 43.2 Å². The van der Waals surface area contributed by atoms with Gasteiger partial charge in [-0.3, -0.25) is 10.2 Å². The number of amidine groups is 1. The number of nitrogens with one attached hydrogen (secondary N) is 1. The van der Waals surface area contributed by atoms with Gasteiger partial charge in [-0.15, -0.1) is 12.6 Å². The molecule has 3 aliphatic heterocycles. The largest absolute Gasteiger partial charge is 0.394 e. The maximum absolute atomic E-state index is 10.7. The summed E-state index contributed by atoms with van der Waals surface area (Å²) in [6, 6.07) is 10.2. The third-order valence-electron chi connectivity index (χ3n) is 6.63. The highest BCUT2D eigenvalue weighted by Crippen LogP contribution is 2.36. The third kappa shape index (κ3) is 3.89. The SMILES string of the molecule is OC[C@H]1O[C@@H](N2C3=NC=NC(S)(Cc4ccccc4)C3=NC2NC2CCCC2)[C@H](O)[C@@H]1O. The summed E-state index contributed by atoms with van der Waals surface area (Å²) in [6.07, 6.45) is 1.63. The monoisotopic (exact) mass is 459 g/mol. The number of hydrogen-bond acceptors (Lipinski definition) is 10. The number of rotatable bonds is 6. The van der Waals surface area contributed by atoms with Crippen LogP contribution in [0.3, 0.4) is 0 Å². The van der Waals surface area contributed by atoms with Crippen LogP contribution in [0.2, 0.25) is 0 Å². The second-order valence-corrected chi connectivity index (χ2v) is 9.55. The molecule has 2 fully saturated rings. The van der Waals surface area contributed by atoms with Crippen molar-refractivity contribution in [1.29, 1.82) is 0 Å². The number of thiol groups is 1. The number of nitrogens with zero attached hydrogens (tertiary/aromatic N) is 4. The van der Waals surface area contributed by atoms with E-state index in [9.17, 15) is 15.3 Å². The molecule has 1 aromatic carbocycles. The van der Waals surface area contributed by atoms with Crippen LogP contribution in [-0.4, -0.2) is 86.5 Å². The van der Waals surface area contributed by atoms with Crippen molar-refractivity contribution >= 4 is 30.5 Å². The zero-order valence-electron chi connectivity index (χ0n) is 17.7. The quantitative estimate of drug-likeness (QED) is 0.390. The predicted octanol–water partition coefficient (Wildman–Crippen LogP) is 0.307. The summed E-state index contributed by atoms with van der Waals surface area (Å²) >= 11 is 4.93. The van der Waals surface area contributed by atoms with Crippen LogP contribution in [0.4, 0.5) is 0 Å². The molecule has 2 unspecified atom stereocenters. The van der Waals surface area contributed by atoms with Crippen molar-refractivity contribution in [3.63, 3.8) is 0 Å². The van der Waals surface area contributed by atoms with Gasteiger partial charge in [0, 0.05) is 12.5 Å². The standard InChI is InChI=1S/C22H29N5O4S/c28-11-15-16(29)17(30)20(31-15)27-19-18(26-21(27)25-14-8-4-5-9-14)22(32,24-12-23-19)10-13-6-2-1-3-7-13/h1-3,6-7,12,14-17,20-21,25,28-30,32H,4-5,8-11H2/t15-,16-,17-,20-,21?,22?/m1/s1. The Balaban J connectivity index is 1.48. The summed E-state index contributed by atoms with van der Waals surface area (Å²) in [5.41, 5.74) is 1.66. The van der Waals surface area contributed by atoms with E-state index in [2.05, 4.69) is 15.3 Å². The van der Waals surface area contributed by atoms with Crippen molar-refractivity contribution in [3.05, 3.63) is 35.9 Å². The fourth-order valence-electron chi connectivity index (χ4n) is 4.93. The van der Waals surface area contributed by atoms with Gasteiger partial charge in [0.2, 0.25) is 0 Å². The van der Waals surface area contributed by atoms with E-state index >= 15 is 0 Å². The molecule has 5 rings (SSSR count). The Hall–Kier alpha value is -1.82. The lowest BCUT2D eigenvalue weighted by molar-refractivity contribution is -0.0844. The molecule has 0 radical (unpaired) electrons. The smallest absolute Gasteiger partial charge is 0.180 e. The molecule has 6 atom stereocenters. The van der Waals surface area contributed by atoms with Gasteiger partial charge >= 0.3 is 0 Å². The number of fused-ring (bicyclic) bond motifs is 1. The van der Waals surface area contributed by atoms with Gasteiger partial charge in [0.15, 0.2) is 23.2 Å². The molecule has 1 aromatic rings. The van der Waals surface area contributed by atoms with Crippen molar-refractivity contribution in [1.82, 2.24) is 10.2 Å². The molecule has 9 nitrogen and oxygen atoms in total. The van der Waals surface area contributed by atoms with Crippen LogP contribution < -0.4 is 5.32 Å². The molecule has 1 aliphatic carbocycles. The zero-order chi connectivity index (χ0) is 22.3. The molecule has 3 heterocycles. The highest BCUT2D eigenvalue weighted by Gasteiger charge is 2.53. The van der Waals surface area contributed by atoms with Crippen LogP contribution in [0.5, 0.6) is 0 Å². The Morgan fingerprint density at radius 1 is 1.16 bits per heavy atom. The van der Waals surface area contributed by atoms with Gasteiger partial charge < -0.3 is 20.1 Å². The molecule has 0 spiro atoms. The minimum Gasteiger partial charge on any atom is -0.394 e. The molecule has 10 heteroatoms. The summed E-state index contributed by atoms with van der Waals surface area (Å²) < 4.78 is 5.86. The van der Waals surface area contributed by atoms with Gasteiger partial charge in [0.05, 0.1) is 6.61 Å². The van der Waals surface area contributed by atoms with E-state index in [1.54, 1.807) is 4.90 Å². The van der Waals surface area contributed by atoms with Crippen LogP contribution in [0, 0.1) is 0 Å². The van der Waals surface area contributed by atoms with E-state index in [-0.39, 0.29) is 6.04 Å². The molecule has 0 amide bonds. The Labute approximate surface area is 192 Å². The highest BCUT2D eigenvalue weighted by molar-refractivity contribution is 7.83. The van der Waals surface area contributed by atoms with Crippen LogP contribution in [0.15, 0.2) is 45.3 Å². The van der Waals surface area contributed by atoms with Crippen molar-refractivity contribution in [2.75, 3.05) is 6.61 Å². The van der Waals surface area contributed by atoms with Crippen molar-refractivity contribution in [2.24, 2.45) is 15.0 Å². The van der Waals surface area contributed by atoms with Gasteiger partial charge in [0.25, 0.3) is 0 Å². The van der Waals surface area contributed by atoms with Crippen molar-refractivity contribution in [2.45, 2.75) is 73.8 Å². The first-order chi connectivity index (χ1) is 15.5. The van der Waals surface area contributed by atoms with Gasteiger partial charge in [-0.2, -0.15) is 0 Å². The van der Waals surface area contributed by atoms with Crippen LogP contribution in [0.1, 0.15) is 31.2 Å². The normalized spacial score (nSPS) is 37.0. The van der Waals surface area contributed by atoms with Gasteiger partial charge in [-0.25, -0.2) is 15.0 Å². The molecule has 32 heavy (non-hydrogen) atoms. The summed E-state index contributed by atoms with van der Waals surface area (Å²) in [5.74, 6) is 0.510. The second-order valence-electron chi connectivity index (χ2n) is 8.81. The number of aliphatic hydroxyl groups is 3. The maximum Gasteiger partial charge on any atom is 0.180 e. The van der Waals surface area contributed by atoms with E-state index in [1.807, 2.05) is 30.3 Å². The topological polar surface area (TPSA) is 122 Å². The first kappa shape index (κ1) is 22.0. The summed E-state index contributed by atoms with van der Waals surface area (Å²) in [6.45, 7) is -0.393.